The maximum absolute atomic E-state index is 12.3. The van der Waals surface area contributed by atoms with Crippen LogP contribution in [-0.2, 0) is 16.6 Å². The van der Waals surface area contributed by atoms with Crippen molar-refractivity contribution in [1.82, 2.24) is 0 Å². The molecule has 2 rings (SSSR count). The summed E-state index contributed by atoms with van der Waals surface area (Å²) >= 11 is 0. The van der Waals surface area contributed by atoms with Crippen LogP contribution in [0.3, 0.4) is 0 Å². The number of methoxy groups -OCH3 is 1. The number of hydrogen-bond donors (Lipinski definition) is 1. The Morgan fingerprint density at radius 2 is 1.95 bits per heavy atom. The van der Waals surface area contributed by atoms with Gasteiger partial charge in [-0.1, -0.05) is 24.3 Å². The van der Waals surface area contributed by atoms with Crippen molar-refractivity contribution in [1.29, 1.82) is 0 Å². The molecule has 4 heteroatoms. The lowest BCUT2D eigenvalue weighted by molar-refractivity contribution is 0.417. The summed E-state index contributed by atoms with van der Waals surface area (Å²) in [7, 11) is 0.521. The molecular weight excluding hydrogens is 258 g/mol. The van der Waals surface area contributed by atoms with Crippen molar-refractivity contribution < 1.29 is 8.95 Å². The first-order valence-corrected chi connectivity index (χ1v) is 7.30. The van der Waals surface area contributed by atoms with Crippen molar-refractivity contribution in [3.05, 3.63) is 53.6 Å². The van der Waals surface area contributed by atoms with Gasteiger partial charge in [0.15, 0.2) is 0 Å². The SMILES string of the molecule is COc1ccc(CS(=O)c2ccccc2C)cc1N. The lowest BCUT2D eigenvalue weighted by Crippen LogP contribution is -2.00. The fourth-order valence-electron chi connectivity index (χ4n) is 1.91. The van der Waals surface area contributed by atoms with Gasteiger partial charge in [-0.2, -0.15) is 0 Å². The third-order valence-electron chi connectivity index (χ3n) is 2.93. The maximum atomic E-state index is 12.3. The van der Waals surface area contributed by atoms with Crippen LogP contribution in [0.25, 0.3) is 0 Å². The molecule has 0 aliphatic carbocycles. The van der Waals surface area contributed by atoms with E-state index in [-0.39, 0.29) is 0 Å². The van der Waals surface area contributed by atoms with Crippen LogP contribution >= 0.6 is 0 Å². The number of aryl methyl sites for hydroxylation is 1. The van der Waals surface area contributed by atoms with Crippen LogP contribution in [0, 0.1) is 6.92 Å². The van der Waals surface area contributed by atoms with E-state index in [1.54, 1.807) is 13.2 Å². The molecule has 0 spiro atoms. The minimum atomic E-state index is -1.06. The van der Waals surface area contributed by atoms with Crippen LogP contribution < -0.4 is 10.5 Å². The molecule has 0 amide bonds. The second-order valence-corrected chi connectivity index (χ2v) is 5.75. The van der Waals surface area contributed by atoms with Crippen molar-refractivity contribution >= 4 is 16.5 Å². The Bertz CT molecular complexity index is 611. The molecule has 3 nitrogen and oxygen atoms in total. The number of nitrogen functional groups attached to an aromatic ring is 1. The molecule has 19 heavy (non-hydrogen) atoms. The molecule has 2 aromatic rings. The van der Waals surface area contributed by atoms with E-state index < -0.39 is 10.8 Å². The molecule has 100 valence electrons. The second kappa shape index (κ2) is 5.89. The number of rotatable bonds is 4. The van der Waals surface area contributed by atoms with E-state index >= 15 is 0 Å². The molecule has 0 radical (unpaired) electrons. The van der Waals surface area contributed by atoms with Crippen molar-refractivity contribution in [2.75, 3.05) is 12.8 Å². The summed E-state index contributed by atoms with van der Waals surface area (Å²) in [5.74, 6) is 1.10. The van der Waals surface area contributed by atoms with Crippen molar-refractivity contribution in [2.24, 2.45) is 0 Å². The normalized spacial score (nSPS) is 12.1. The van der Waals surface area contributed by atoms with Crippen LogP contribution in [0.4, 0.5) is 5.69 Å². The van der Waals surface area contributed by atoms with Crippen LogP contribution in [0.15, 0.2) is 47.4 Å². The van der Waals surface area contributed by atoms with E-state index in [1.165, 1.54) is 0 Å². The van der Waals surface area contributed by atoms with Gasteiger partial charge in [0.1, 0.15) is 5.75 Å². The Labute approximate surface area is 115 Å². The van der Waals surface area contributed by atoms with Gasteiger partial charge in [-0.15, -0.1) is 0 Å². The van der Waals surface area contributed by atoms with Gasteiger partial charge in [0.25, 0.3) is 0 Å². The van der Waals surface area contributed by atoms with Gasteiger partial charge in [-0.05, 0) is 36.2 Å². The van der Waals surface area contributed by atoms with Crippen LogP contribution in [0.1, 0.15) is 11.1 Å². The summed E-state index contributed by atoms with van der Waals surface area (Å²) < 4.78 is 17.4. The first kappa shape index (κ1) is 13.6. The highest BCUT2D eigenvalue weighted by Crippen LogP contribution is 2.24. The maximum Gasteiger partial charge on any atom is 0.141 e. The topological polar surface area (TPSA) is 52.3 Å². The Kier molecular flexibility index (Phi) is 4.22. The monoisotopic (exact) mass is 275 g/mol. The third-order valence-corrected chi connectivity index (χ3v) is 4.47. The molecular formula is C15H17NO2S. The quantitative estimate of drug-likeness (QED) is 0.873. The summed E-state index contributed by atoms with van der Waals surface area (Å²) in [6, 6.07) is 13.2. The molecule has 0 bridgehead atoms. The van der Waals surface area contributed by atoms with E-state index in [2.05, 4.69) is 0 Å². The molecule has 1 atom stereocenters. The Hall–Kier alpha value is -1.81. The summed E-state index contributed by atoms with van der Waals surface area (Å²) in [6.07, 6.45) is 0. The highest BCUT2D eigenvalue weighted by molar-refractivity contribution is 7.84. The lowest BCUT2D eigenvalue weighted by Gasteiger charge is -2.08. The van der Waals surface area contributed by atoms with Crippen LogP contribution in [0.2, 0.25) is 0 Å². The highest BCUT2D eigenvalue weighted by Gasteiger charge is 2.09. The minimum absolute atomic E-state index is 0.457. The molecule has 0 saturated heterocycles. The lowest BCUT2D eigenvalue weighted by atomic mass is 10.2. The van der Waals surface area contributed by atoms with Gasteiger partial charge in [-0.3, -0.25) is 4.21 Å². The molecule has 0 aliphatic rings. The van der Waals surface area contributed by atoms with E-state index in [0.29, 0.717) is 17.2 Å². The molecule has 2 N–H and O–H groups in total. The summed E-state index contributed by atoms with van der Waals surface area (Å²) in [6.45, 7) is 1.97. The van der Waals surface area contributed by atoms with E-state index in [9.17, 15) is 4.21 Å². The van der Waals surface area contributed by atoms with Gasteiger partial charge in [0.05, 0.1) is 29.3 Å². The summed E-state index contributed by atoms with van der Waals surface area (Å²) in [4.78, 5) is 0.872. The van der Waals surface area contributed by atoms with Crippen LogP contribution in [-0.4, -0.2) is 11.3 Å². The fourth-order valence-corrected chi connectivity index (χ4v) is 3.21. The van der Waals surface area contributed by atoms with Crippen molar-refractivity contribution in [3.8, 4) is 5.75 Å². The zero-order valence-electron chi connectivity index (χ0n) is 11.1. The average Bonchev–Trinajstić information content (AvgIpc) is 2.39. The predicted molar refractivity (Wildman–Crippen MR) is 78.7 cm³/mol. The molecule has 1 unspecified atom stereocenters. The van der Waals surface area contributed by atoms with E-state index in [1.807, 2.05) is 43.3 Å². The van der Waals surface area contributed by atoms with Crippen LogP contribution in [0.5, 0.6) is 5.75 Å². The molecule has 0 fully saturated rings. The smallest absolute Gasteiger partial charge is 0.141 e. The Morgan fingerprint density at radius 1 is 1.21 bits per heavy atom. The van der Waals surface area contributed by atoms with Gasteiger partial charge < -0.3 is 10.5 Å². The van der Waals surface area contributed by atoms with Gasteiger partial charge >= 0.3 is 0 Å². The number of anilines is 1. The first-order chi connectivity index (χ1) is 9.11. The Balaban J connectivity index is 2.20. The first-order valence-electron chi connectivity index (χ1n) is 5.98. The standard InChI is InChI=1S/C15H17NO2S/c1-11-5-3-4-6-15(11)19(17)10-12-7-8-14(18-2)13(16)9-12/h3-9H,10,16H2,1-2H3. The zero-order valence-corrected chi connectivity index (χ0v) is 11.9. The zero-order chi connectivity index (χ0) is 13.8. The largest absolute Gasteiger partial charge is 0.495 e. The highest BCUT2D eigenvalue weighted by atomic mass is 32.2. The number of ether oxygens (including phenoxy) is 1. The molecule has 0 saturated carbocycles. The second-order valence-electron chi connectivity index (χ2n) is 4.33. The van der Waals surface area contributed by atoms with Crippen molar-refractivity contribution in [3.63, 3.8) is 0 Å². The minimum Gasteiger partial charge on any atom is -0.495 e. The van der Waals surface area contributed by atoms with Gasteiger partial charge in [0.2, 0.25) is 0 Å². The number of nitrogens with two attached hydrogens (primary N) is 1. The van der Waals surface area contributed by atoms with Gasteiger partial charge in [0, 0.05) is 4.90 Å². The number of hydrogen-bond acceptors (Lipinski definition) is 3. The molecule has 0 heterocycles. The molecule has 0 aromatic heterocycles. The molecule has 2 aromatic carbocycles. The summed E-state index contributed by atoms with van der Waals surface area (Å²) in [5.41, 5.74) is 8.41. The van der Waals surface area contributed by atoms with E-state index in [0.717, 1.165) is 16.0 Å². The fraction of sp³-hybridized carbons (Fsp3) is 0.200. The van der Waals surface area contributed by atoms with E-state index in [4.69, 9.17) is 10.5 Å². The predicted octanol–water partition coefficient (Wildman–Crippen LogP) is 2.89. The van der Waals surface area contributed by atoms with Gasteiger partial charge in [-0.25, -0.2) is 0 Å². The molecule has 0 aliphatic heterocycles. The summed E-state index contributed by atoms with van der Waals surface area (Å²) in [5, 5.41) is 0. The third kappa shape index (κ3) is 3.15. The van der Waals surface area contributed by atoms with Crippen molar-refractivity contribution in [2.45, 2.75) is 17.6 Å². The Morgan fingerprint density at radius 3 is 2.58 bits per heavy atom. The average molecular weight is 275 g/mol. The number of benzene rings is 2.